The first-order valence-electron chi connectivity index (χ1n) is 8.85. The summed E-state index contributed by atoms with van der Waals surface area (Å²) in [6.07, 6.45) is 3.77. The maximum atomic E-state index is 12.6. The number of nitrogens with two attached hydrogens (primary N) is 1. The summed E-state index contributed by atoms with van der Waals surface area (Å²) in [5.41, 5.74) is 6.70. The molecule has 3 rings (SSSR count). The van der Waals surface area contributed by atoms with Crippen LogP contribution >= 0.6 is 12.4 Å². The molecule has 0 spiro atoms. The van der Waals surface area contributed by atoms with Gasteiger partial charge in [-0.25, -0.2) is 0 Å². The minimum absolute atomic E-state index is 0. The number of furan rings is 1. The van der Waals surface area contributed by atoms with Gasteiger partial charge in [-0.05, 0) is 38.7 Å². The van der Waals surface area contributed by atoms with Gasteiger partial charge in [-0.2, -0.15) is 0 Å². The Hall–Kier alpha value is -1.53. The van der Waals surface area contributed by atoms with E-state index < -0.39 is 0 Å². The number of carbonyl (C=O) groups is 2. The van der Waals surface area contributed by atoms with Gasteiger partial charge in [0.2, 0.25) is 5.91 Å². The maximum absolute atomic E-state index is 12.6. The third kappa shape index (κ3) is 4.36. The molecular weight excluding hydrogens is 342 g/mol. The second-order valence-corrected chi connectivity index (χ2v) is 7.06. The molecule has 1 aromatic rings. The van der Waals surface area contributed by atoms with E-state index in [0.29, 0.717) is 49.8 Å². The lowest BCUT2D eigenvalue weighted by atomic mass is 9.99. The molecule has 2 amide bonds. The average Bonchev–Trinajstić information content (AvgIpc) is 3.12. The van der Waals surface area contributed by atoms with Crippen LogP contribution in [0.4, 0.5) is 0 Å². The molecule has 7 heteroatoms. The highest BCUT2D eigenvalue weighted by molar-refractivity contribution is 5.95. The van der Waals surface area contributed by atoms with Gasteiger partial charge in [0.05, 0.1) is 5.56 Å². The molecule has 1 saturated heterocycles. The molecule has 0 aromatic carbocycles. The minimum Gasteiger partial charge on any atom is -0.466 e. The van der Waals surface area contributed by atoms with Gasteiger partial charge < -0.3 is 20.0 Å². The van der Waals surface area contributed by atoms with Crippen LogP contribution in [0.3, 0.4) is 0 Å². The Bertz CT molecular complexity index is 623. The van der Waals surface area contributed by atoms with Crippen molar-refractivity contribution in [2.45, 2.75) is 45.6 Å². The van der Waals surface area contributed by atoms with Crippen LogP contribution in [0, 0.1) is 19.8 Å². The summed E-state index contributed by atoms with van der Waals surface area (Å²) in [4.78, 5) is 28.7. The molecule has 2 atom stereocenters. The van der Waals surface area contributed by atoms with Crippen LogP contribution in [-0.2, 0) is 4.79 Å². The van der Waals surface area contributed by atoms with Crippen molar-refractivity contribution in [2.24, 2.45) is 11.7 Å². The Balaban J connectivity index is 0.00000225. The number of piperazine rings is 1. The summed E-state index contributed by atoms with van der Waals surface area (Å²) < 4.78 is 5.45. The Morgan fingerprint density at radius 1 is 1.16 bits per heavy atom. The quantitative estimate of drug-likeness (QED) is 0.885. The van der Waals surface area contributed by atoms with E-state index in [1.807, 2.05) is 23.6 Å². The highest BCUT2D eigenvalue weighted by atomic mass is 35.5. The van der Waals surface area contributed by atoms with Crippen LogP contribution in [0.25, 0.3) is 0 Å². The van der Waals surface area contributed by atoms with Gasteiger partial charge in [0.15, 0.2) is 0 Å². The molecule has 2 N–H and O–H groups in total. The van der Waals surface area contributed by atoms with Gasteiger partial charge >= 0.3 is 0 Å². The predicted molar refractivity (Wildman–Crippen MR) is 97.8 cm³/mol. The summed E-state index contributed by atoms with van der Waals surface area (Å²) in [6.45, 7) is 6.00. The average molecular weight is 370 g/mol. The lowest BCUT2D eigenvalue weighted by Crippen LogP contribution is -2.51. The fraction of sp³-hybridized carbons (Fsp3) is 0.667. The van der Waals surface area contributed by atoms with E-state index in [9.17, 15) is 9.59 Å². The number of rotatable bonds is 3. The number of hydrogen-bond donors (Lipinski definition) is 1. The maximum Gasteiger partial charge on any atom is 0.257 e. The molecule has 0 unspecified atom stereocenters. The van der Waals surface area contributed by atoms with Crippen molar-refractivity contribution in [2.75, 3.05) is 26.2 Å². The molecule has 2 fully saturated rings. The van der Waals surface area contributed by atoms with Crippen LogP contribution in [0.15, 0.2) is 10.5 Å². The number of hydrogen-bond acceptors (Lipinski definition) is 4. The van der Waals surface area contributed by atoms with Crippen LogP contribution in [-0.4, -0.2) is 53.8 Å². The van der Waals surface area contributed by atoms with Crippen molar-refractivity contribution >= 4 is 24.2 Å². The van der Waals surface area contributed by atoms with E-state index in [-0.39, 0.29) is 30.3 Å². The fourth-order valence-electron chi connectivity index (χ4n) is 3.84. The van der Waals surface area contributed by atoms with Crippen molar-refractivity contribution in [1.82, 2.24) is 9.80 Å². The number of carbonyl (C=O) groups excluding carboxylic acids is 2. The minimum atomic E-state index is -0.00531. The molecule has 1 aromatic heterocycles. The second-order valence-electron chi connectivity index (χ2n) is 7.06. The van der Waals surface area contributed by atoms with Crippen LogP contribution in [0.1, 0.15) is 47.6 Å². The fourth-order valence-corrected chi connectivity index (χ4v) is 3.84. The van der Waals surface area contributed by atoms with Gasteiger partial charge in [-0.3, -0.25) is 9.59 Å². The highest BCUT2D eigenvalue weighted by Gasteiger charge is 2.30. The van der Waals surface area contributed by atoms with Gasteiger partial charge in [-0.1, -0.05) is 6.42 Å². The number of nitrogens with zero attached hydrogens (tertiary/aromatic N) is 2. The van der Waals surface area contributed by atoms with E-state index in [1.165, 1.54) is 0 Å². The molecule has 25 heavy (non-hydrogen) atoms. The largest absolute Gasteiger partial charge is 0.466 e. The molecule has 1 aliphatic heterocycles. The number of halogens is 1. The van der Waals surface area contributed by atoms with Crippen LogP contribution in [0.2, 0.25) is 0 Å². The zero-order chi connectivity index (χ0) is 17.3. The normalized spacial score (nSPS) is 23.5. The van der Waals surface area contributed by atoms with Crippen molar-refractivity contribution < 1.29 is 14.0 Å². The standard InChI is InChI=1S/C18H27N3O3.ClH/c1-12-10-15(13(2)24-12)18(23)21-8-6-20(7-9-21)17(22)11-14-4-3-5-16(14)19;/h10,14,16H,3-9,11,19H2,1-2H3;1H/t14-,16+;/m0./s1. The van der Waals surface area contributed by atoms with Crippen LogP contribution in [0.5, 0.6) is 0 Å². The lowest BCUT2D eigenvalue weighted by molar-refractivity contribution is -0.133. The molecule has 1 aliphatic carbocycles. The molecule has 140 valence electrons. The summed E-state index contributed by atoms with van der Waals surface area (Å²) in [5, 5.41) is 0. The zero-order valence-electron chi connectivity index (χ0n) is 15.0. The van der Waals surface area contributed by atoms with Gasteiger partial charge in [-0.15, -0.1) is 12.4 Å². The third-order valence-corrected chi connectivity index (χ3v) is 5.35. The van der Waals surface area contributed by atoms with Crippen LogP contribution < -0.4 is 5.73 Å². The smallest absolute Gasteiger partial charge is 0.257 e. The highest BCUT2D eigenvalue weighted by Crippen LogP contribution is 2.27. The number of amides is 2. The van der Waals surface area contributed by atoms with E-state index in [1.54, 1.807) is 6.07 Å². The molecule has 2 aliphatic rings. The van der Waals surface area contributed by atoms with Crippen molar-refractivity contribution in [3.05, 3.63) is 23.2 Å². The lowest BCUT2D eigenvalue weighted by Gasteiger charge is -2.35. The van der Waals surface area contributed by atoms with Crippen molar-refractivity contribution in [1.29, 1.82) is 0 Å². The Kier molecular flexibility index (Phi) is 6.52. The van der Waals surface area contributed by atoms with Crippen molar-refractivity contribution in [3.63, 3.8) is 0 Å². The third-order valence-electron chi connectivity index (χ3n) is 5.35. The topological polar surface area (TPSA) is 79.8 Å². The first-order chi connectivity index (χ1) is 11.5. The molecule has 2 heterocycles. The zero-order valence-corrected chi connectivity index (χ0v) is 15.8. The molecular formula is C18H28ClN3O3. The van der Waals surface area contributed by atoms with Crippen molar-refractivity contribution in [3.8, 4) is 0 Å². The molecule has 6 nitrogen and oxygen atoms in total. The second kappa shape index (κ2) is 8.23. The first kappa shape index (κ1) is 19.8. The predicted octanol–water partition coefficient (Wildman–Crippen LogP) is 2.12. The Morgan fingerprint density at radius 3 is 2.32 bits per heavy atom. The van der Waals surface area contributed by atoms with Gasteiger partial charge in [0, 0.05) is 38.6 Å². The SMILES string of the molecule is Cc1cc(C(=O)N2CCN(C(=O)C[C@@H]3CCC[C@H]3N)CC2)c(C)o1.Cl. The van der Waals surface area contributed by atoms with E-state index in [2.05, 4.69) is 0 Å². The Morgan fingerprint density at radius 2 is 1.80 bits per heavy atom. The summed E-state index contributed by atoms with van der Waals surface area (Å²) in [6, 6.07) is 1.96. The molecule has 0 radical (unpaired) electrons. The van der Waals surface area contributed by atoms with E-state index in [0.717, 1.165) is 25.0 Å². The molecule has 0 bridgehead atoms. The first-order valence-corrected chi connectivity index (χ1v) is 8.85. The summed E-state index contributed by atoms with van der Waals surface area (Å²) in [7, 11) is 0. The van der Waals surface area contributed by atoms with E-state index >= 15 is 0 Å². The monoisotopic (exact) mass is 369 g/mol. The summed E-state index contributed by atoms with van der Waals surface area (Å²) >= 11 is 0. The van der Waals surface area contributed by atoms with E-state index in [4.69, 9.17) is 10.2 Å². The van der Waals surface area contributed by atoms with Gasteiger partial charge in [0.1, 0.15) is 11.5 Å². The number of aryl methyl sites for hydroxylation is 2. The van der Waals surface area contributed by atoms with Gasteiger partial charge in [0.25, 0.3) is 5.91 Å². The summed E-state index contributed by atoms with van der Waals surface area (Å²) in [5.74, 6) is 1.91. The Labute approximate surface area is 155 Å². The molecule has 1 saturated carbocycles.